The van der Waals surface area contributed by atoms with Crippen molar-refractivity contribution in [2.24, 2.45) is 5.41 Å². The van der Waals surface area contributed by atoms with Crippen LogP contribution in [0, 0.1) is 5.41 Å². The van der Waals surface area contributed by atoms with Gasteiger partial charge in [-0.1, -0.05) is 20.8 Å². The van der Waals surface area contributed by atoms with Gasteiger partial charge in [-0.15, -0.1) is 0 Å². The van der Waals surface area contributed by atoms with Crippen molar-refractivity contribution in [2.45, 2.75) is 64.6 Å². The first-order valence-electron chi connectivity index (χ1n) is 5.92. The molecule has 2 nitrogen and oxygen atoms in total. The number of fused-ring (bicyclic) bond motifs is 2. The van der Waals surface area contributed by atoms with Gasteiger partial charge in [0.25, 0.3) is 0 Å². The Hall–Kier alpha value is -0.0800. The van der Waals surface area contributed by atoms with Crippen molar-refractivity contribution in [3.63, 3.8) is 0 Å². The Labute approximate surface area is 87.3 Å². The summed E-state index contributed by atoms with van der Waals surface area (Å²) in [5.41, 5.74) is 0.0298. The van der Waals surface area contributed by atoms with Crippen molar-refractivity contribution in [3.05, 3.63) is 0 Å². The summed E-state index contributed by atoms with van der Waals surface area (Å²) in [5.74, 6) is 0. The summed E-state index contributed by atoms with van der Waals surface area (Å²) in [5, 5.41) is 10.1. The molecule has 1 unspecified atom stereocenters. The van der Waals surface area contributed by atoms with Crippen LogP contribution in [-0.4, -0.2) is 34.7 Å². The van der Waals surface area contributed by atoms with Crippen molar-refractivity contribution in [3.8, 4) is 0 Å². The normalized spacial score (nSPS) is 35.1. The summed E-state index contributed by atoms with van der Waals surface area (Å²) in [6.07, 6.45) is 5.27. The first-order valence-corrected chi connectivity index (χ1v) is 5.92. The zero-order chi connectivity index (χ0) is 10.3. The van der Waals surface area contributed by atoms with Crippen LogP contribution in [-0.2, 0) is 0 Å². The van der Waals surface area contributed by atoms with E-state index in [4.69, 9.17) is 0 Å². The minimum absolute atomic E-state index is 0.0298. The minimum atomic E-state index is -0.177. The highest BCUT2D eigenvalue weighted by molar-refractivity contribution is 4.96. The molecule has 82 valence electrons. The van der Waals surface area contributed by atoms with Gasteiger partial charge in [-0.25, -0.2) is 0 Å². The van der Waals surface area contributed by atoms with E-state index in [9.17, 15) is 5.11 Å². The van der Waals surface area contributed by atoms with Crippen LogP contribution in [0.25, 0.3) is 0 Å². The van der Waals surface area contributed by atoms with Crippen LogP contribution in [0.3, 0.4) is 0 Å². The fourth-order valence-corrected chi connectivity index (χ4v) is 2.79. The van der Waals surface area contributed by atoms with Gasteiger partial charge in [0.05, 0.1) is 6.10 Å². The molecule has 0 aromatic heterocycles. The van der Waals surface area contributed by atoms with Gasteiger partial charge < -0.3 is 5.11 Å². The molecule has 2 heteroatoms. The molecule has 0 saturated carbocycles. The average molecular weight is 197 g/mol. The van der Waals surface area contributed by atoms with Gasteiger partial charge in [0.2, 0.25) is 0 Å². The van der Waals surface area contributed by atoms with Gasteiger partial charge in [-0.3, -0.25) is 4.90 Å². The van der Waals surface area contributed by atoms with Gasteiger partial charge in [-0.2, -0.15) is 0 Å². The minimum Gasteiger partial charge on any atom is -0.391 e. The summed E-state index contributed by atoms with van der Waals surface area (Å²) in [6.45, 7) is 7.25. The SMILES string of the molecule is CC(C)(C)C(O)CN1C2CCC1CC2. The second-order valence-electron chi connectivity index (χ2n) is 6.04. The number of nitrogens with zero attached hydrogens (tertiary/aromatic N) is 1. The molecule has 2 saturated heterocycles. The molecule has 2 aliphatic rings. The zero-order valence-electron chi connectivity index (χ0n) is 9.66. The monoisotopic (exact) mass is 197 g/mol. The fourth-order valence-electron chi connectivity index (χ4n) is 2.79. The Bertz CT molecular complexity index is 189. The number of aliphatic hydroxyl groups is 1. The highest BCUT2D eigenvalue weighted by Crippen LogP contribution is 2.38. The van der Waals surface area contributed by atoms with Crippen molar-refractivity contribution in [1.29, 1.82) is 0 Å². The topological polar surface area (TPSA) is 23.5 Å². The lowest BCUT2D eigenvalue weighted by Gasteiger charge is -2.32. The predicted molar refractivity (Wildman–Crippen MR) is 58.2 cm³/mol. The van der Waals surface area contributed by atoms with Gasteiger partial charge in [0.1, 0.15) is 0 Å². The largest absolute Gasteiger partial charge is 0.391 e. The van der Waals surface area contributed by atoms with Crippen molar-refractivity contribution < 1.29 is 5.11 Å². The lowest BCUT2D eigenvalue weighted by molar-refractivity contribution is 0.0235. The molecule has 2 bridgehead atoms. The summed E-state index contributed by atoms with van der Waals surface area (Å²) in [4.78, 5) is 2.55. The average Bonchev–Trinajstić information content (AvgIpc) is 2.63. The summed E-state index contributed by atoms with van der Waals surface area (Å²) >= 11 is 0. The molecule has 0 aromatic carbocycles. The molecule has 2 heterocycles. The van der Waals surface area contributed by atoms with E-state index in [0.29, 0.717) is 0 Å². The molecule has 0 aromatic rings. The van der Waals surface area contributed by atoms with Crippen LogP contribution in [0.15, 0.2) is 0 Å². The van der Waals surface area contributed by atoms with E-state index >= 15 is 0 Å². The predicted octanol–water partition coefficient (Wildman–Crippen LogP) is 2.02. The molecule has 0 amide bonds. The van der Waals surface area contributed by atoms with Crippen LogP contribution in [0.1, 0.15) is 46.5 Å². The highest BCUT2D eigenvalue weighted by atomic mass is 16.3. The second kappa shape index (κ2) is 3.49. The molecule has 14 heavy (non-hydrogen) atoms. The molecule has 2 aliphatic heterocycles. The summed E-state index contributed by atoms with van der Waals surface area (Å²) < 4.78 is 0. The Morgan fingerprint density at radius 1 is 1.14 bits per heavy atom. The number of hydrogen-bond donors (Lipinski definition) is 1. The van der Waals surface area contributed by atoms with Gasteiger partial charge >= 0.3 is 0 Å². The third-order valence-corrected chi connectivity index (χ3v) is 3.99. The van der Waals surface area contributed by atoms with E-state index in [2.05, 4.69) is 25.7 Å². The Balaban J connectivity index is 1.92. The van der Waals surface area contributed by atoms with E-state index in [1.807, 2.05) is 0 Å². The van der Waals surface area contributed by atoms with E-state index < -0.39 is 0 Å². The van der Waals surface area contributed by atoms with Crippen LogP contribution >= 0.6 is 0 Å². The van der Waals surface area contributed by atoms with Crippen molar-refractivity contribution in [1.82, 2.24) is 4.90 Å². The van der Waals surface area contributed by atoms with Crippen LogP contribution in [0.5, 0.6) is 0 Å². The third-order valence-electron chi connectivity index (χ3n) is 3.99. The van der Waals surface area contributed by atoms with Gasteiger partial charge in [0.15, 0.2) is 0 Å². The molecule has 2 fully saturated rings. The lowest BCUT2D eigenvalue weighted by Crippen LogP contribution is -2.41. The lowest BCUT2D eigenvalue weighted by atomic mass is 9.89. The van der Waals surface area contributed by atoms with E-state index in [-0.39, 0.29) is 11.5 Å². The smallest absolute Gasteiger partial charge is 0.0715 e. The third kappa shape index (κ3) is 1.82. The van der Waals surface area contributed by atoms with E-state index in [1.165, 1.54) is 25.7 Å². The second-order valence-corrected chi connectivity index (χ2v) is 6.04. The van der Waals surface area contributed by atoms with Crippen LogP contribution < -0.4 is 0 Å². The Morgan fingerprint density at radius 3 is 1.93 bits per heavy atom. The van der Waals surface area contributed by atoms with Crippen molar-refractivity contribution >= 4 is 0 Å². The first kappa shape index (κ1) is 10.4. The Morgan fingerprint density at radius 2 is 1.57 bits per heavy atom. The molecule has 2 rings (SSSR count). The number of rotatable bonds is 2. The molecule has 0 aliphatic carbocycles. The van der Waals surface area contributed by atoms with Crippen LogP contribution in [0.4, 0.5) is 0 Å². The number of aliphatic hydroxyl groups excluding tert-OH is 1. The zero-order valence-corrected chi connectivity index (χ0v) is 9.66. The van der Waals surface area contributed by atoms with Gasteiger partial charge in [-0.05, 0) is 31.1 Å². The molecular weight excluding hydrogens is 174 g/mol. The quantitative estimate of drug-likeness (QED) is 0.732. The Kier molecular flexibility index (Phi) is 2.61. The van der Waals surface area contributed by atoms with Crippen LogP contribution in [0.2, 0.25) is 0 Å². The maximum Gasteiger partial charge on any atom is 0.0715 e. The molecule has 1 atom stereocenters. The van der Waals surface area contributed by atoms with Gasteiger partial charge in [0, 0.05) is 18.6 Å². The molecule has 0 spiro atoms. The molecule has 0 radical (unpaired) electrons. The maximum atomic E-state index is 10.1. The van der Waals surface area contributed by atoms with E-state index in [0.717, 1.165) is 18.6 Å². The standard InChI is InChI=1S/C12H23NO/c1-12(2,3)11(14)8-13-9-4-5-10(13)7-6-9/h9-11,14H,4-8H2,1-3H3. The maximum absolute atomic E-state index is 10.1. The summed E-state index contributed by atoms with van der Waals surface area (Å²) in [7, 11) is 0. The van der Waals surface area contributed by atoms with E-state index in [1.54, 1.807) is 0 Å². The highest BCUT2D eigenvalue weighted by Gasteiger charge is 2.41. The first-order chi connectivity index (χ1) is 6.48. The summed E-state index contributed by atoms with van der Waals surface area (Å²) in [6, 6.07) is 1.58. The molecular formula is C12H23NO. The van der Waals surface area contributed by atoms with Crippen molar-refractivity contribution in [2.75, 3.05) is 6.54 Å². The fraction of sp³-hybridized carbons (Fsp3) is 1.00. The molecule has 1 N–H and O–H groups in total. The number of hydrogen-bond acceptors (Lipinski definition) is 2.